The lowest BCUT2D eigenvalue weighted by atomic mass is 10.1. The molecule has 7 heteroatoms. The fourth-order valence-electron chi connectivity index (χ4n) is 2.67. The highest BCUT2D eigenvalue weighted by molar-refractivity contribution is 7.89. The highest BCUT2D eigenvalue weighted by Gasteiger charge is 2.20. The van der Waals surface area contributed by atoms with Gasteiger partial charge in [-0.3, -0.25) is 4.79 Å². The molecule has 0 spiro atoms. The molecule has 0 aliphatic carbocycles. The van der Waals surface area contributed by atoms with Gasteiger partial charge >= 0.3 is 0 Å². The molecule has 6 nitrogen and oxygen atoms in total. The van der Waals surface area contributed by atoms with Gasteiger partial charge in [-0.05, 0) is 62.1 Å². The van der Waals surface area contributed by atoms with Crippen molar-refractivity contribution in [1.82, 2.24) is 4.31 Å². The second-order valence-electron chi connectivity index (χ2n) is 6.76. The third kappa shape index (κ3) is 4.67. The molecule has 1 N–H and O–H groups in total. The summed E-state index contributed by atoms with van der Waals surface area (Å²) < 4.78 is 31.6. The highest BCUT2D eigenvalue weighted by Crippen LogP contribution is 2.26. The van der Waals surface area contributed by atoms with Gasteiger partial charge in [0.15, 0.2) is 6.61 Å². The van der Waals surface area contributed by atoms with Crippen LogP contribution in [0.25, 0.3) is 0 Å². The number of carbonyl (C=O) groups is 1. The second kappa shape index (κ2) is 8.10. The van der Waals surface area contributed by atoms with Crippen LogP contribution >= 0.6 is 0 Å². The van der Waals surface area contributed by atoms with E-state index in [2.05, 4.69) is 5.32 Å². The van der Waals surface area contributed by atoms with Crippen LogP contribution in [-0.4, -0.2) is 39.3 Å². The Morgan fingerprint density at radius 3 is 2.19 bits per heavy atom. The Kier molecular flexibility index (Phi) is 6.28. The van der Waals surface area contributed by atoms with Crippen LogP contribution in [0.4, 0.5) is 5.69 Å². The summed E-state index contributed by atoms with van der Waals surface area (Å²) in [6.07, 6.45) is 0. The molecule has 0 aromatic heterocycles. The van der Waals surface area contributed by atoms with Crippen molar-refractivity contribution in [2.75, 3.05) is 26.0 Å². The first-order valence-electron chi connectivity index (χ1n) is 8.56. The third-order valence-corrected chi connectivity index (χ3v) is 6.24. The Balaban J connectivity index is 2.21. The fourth-order valence-corrected chi connectivity index (χ4v) is 3.68. The van der Waals surface area contributed by atoms with E-state index in [9.17, 15) is 13.2 Å². The number of carbonyl (C=O) groups excluding carboxylic acids is 1. The van der Waals surface area contributed by atoms with Crippen LogP contribution in [0.5, 0.6) is 5.75 Å². The maximum absolute atomic E-state index is 12.4. The van der Waals surface area contributed by atoms with Crippen molar-refractivity contribution < 1.29 is 17.9 Å². The summed E-state index contributed by atoms with van der Waals surface area (Å²) in [5.74, 6) is 0.337. The van der Waals surface area contributed by atoms with Crippen molar-refractivity contribution in [3.05, 3.63) is 52.6 Å². The predicted octanol–water partition coefficient (Wildman–Crippen LogP) is 3.19. The van der Waals surface area contributed by atoms with Crippen molar-refractivity contribution in [3.8, 4) is 5.75 Å². The van der Waals surface area contributed by atoms with E-state index in [1.54, 1.807) is 6.07 Å². The number of aryl methyl sites for hydroxylation is 3. The van der Waals surface area contributed by atoms with E-state index in [1.807, 2.05) is 45.9 Å². The lowest BCUT2D eigenvalue weighted by Crippen LogP contribution is -2.24. The Hall–Kier alpha value is -2.38. The summed E-state index contributed by atoms with van der Waals surface area (Å²) >= 11 is 0. The summed E-state index contributed by atoms with van der Waals surface area (Å²) in [5, 5.41) is 2.76. The SMILES string of the molecule is Cc1cc(S(=O)(=O)N(C)C)cc(NC(=O)COc2c(C)cccc2C)c1C. The van der Waals surface area contributed by atoms with Gasteiger partial charge in [-0.1, -0.05) is 18.2 Å². The normalized spacial score (nSPS) is 11.5. The molecule has 2 aromatic rings. The van der Waals surface area contributed by atoms with Crippen LogP contribution < -0.4 is 10.1 Å². The smallest absolute Gasteiger partial charge is 0.262 e. The van der Waals surface area contributed by atoms with E-state index in [1.165, 1.54) is 20.2 Å². The molecule has 0 heterocycles. The Morgan fingerprint density at radius 1 is 1.04 bits per heavy atom. The van der Waals surface area contributed by atoms with Gasteiger partial charge in [0.2, 0.25) is 10.0 Å². The van der Waals surface area contributed by atoms with Crippen molar-refractivity contribution in [1.29, 1.82) is 0 Å². The molecule has 2 aromatic carbocycles. The molecule has 0 aliphatic rings. The molecule has 1 amide bonds. The molecular weight excluding hydrogens is 364 g/mol. The minimum absolute atomic E-state index is 0.140. The topological polar surface area (TPSA) is 75.7 Å². The van der Waals surface area contributed by atoms with Gasteiger partial charge in [0.1, 0.15) is 5.75 Å². The Labute approximate surface area is 161 Å². The van der Waals surface area contributed by atoms with Crippen molar-refractivity contribution >= 4 is 21.6 Å². The molecule has 0 saturated carbocycles. The standard InChI is InChI=1S/C20H26N2O4S/c1-13-8-7-9-14(2)20(13)26-12-19(23)21-18-11-17(10-15(3)16(18)4)27(24,25)22(5)6/h7-11H,12H2,1-6H3,(H,21,23). The molecule has 0 bridgehead atoms. The number of nitrogens with one attached hydrogen (secondary N) is 1. The zero-order chi connectivity index (χ0) is 20.4. The van der Waals surface area contributed by atoms with Crippen LogP contribution in [0.1, 0.15) is 22.3 Å². The van der Waals surface area contributed by atoms with E-state index in [0.717, 1.165) is 26.6 Å². The Bertz CT molecular complexity index is 946. The number of sulfonamides is 1. The van der Waals surface area contributed by atoms with Gasteiger partial charge in [-0.15, -0.1) is 0 Å². The summed E-state index contributed by atoms with van der Waals surface area (Å²) in [5.41, 5.74) is 3.96. The average molecular weight is 391 g/mol. The van der Waals surface area contributed by atoms with Crippen LogP contribution in [0.3, 0.4) is 0 Å². The molecule has 2 rings (SSSR count). The summed E-state index contributed by atoms with van der Waals surface area (Å²) in [4.78, 5) is 12.5. The van der Waals surface area contributed by atoms with Crippen molar-refractivity contribution in [2.45, 2.75) is 32.6 Å². The molecule has 27 heavy (non-hydrogen) atoms. The highest BCUT2D eigenvalue weighted by atomic mass is 32.2. The summed E-state index contributed by atoms with van der Waals surface area (Å²) in [7, 11) is -0.643. The van der Waals surface area contributed by atoms with Crippen molar-refractivity contribution in [2.24, 2.45) is 0 Å². The van der Waals surface area contributed by atoms with E-state index >= 15 is 0 Å². The molecule has 0 atom stereocenters. The summed E-state index contributed by atoms with van der Waals surface area (Å²) in [6.45, 7) is 7.33. The molecular formula is C20H26N2O4S. The average Bonchev–Trinajstić information content (AvgIpc) is 2.58. The summed E-state index contributed by atoms with van der Waals surface area (Å²) in [6, 6.07) is 8.86. The van der Waals surface area contributed by atoms with E-state index in [4.69, 9.17) is 4.74 Å². The molecule has 0 aliphatic heterocycles. The zero-order valence-electron chi connectivity index (χ0n) is 16.6. The number of nitrogens with zero attached hydrogens (tertiary/aromatic N) is 1. The largest absolute Gasteiger partial charge is 0.483 e. The molecule has 0 saturated heterocycles. The van der Waals surface area contributed by atoms with Gasteiger partial charge in [-0.2, -0.15) is 0 Å². The van der Waals surface area contributed by atoms with Crippen LogP contribution in [0, 0.1) is 27.7 Å². The fraction of sp³-hybridized carbons (Fsp3) is 0.350. The van der Waals surface area contributed by atoms with Gasteiger partial charge in [0.05, 0.1) is 4.90 Å². The first kappa shape index (κ1) is 20.9. The van der Waals surface area contributed by atoms with Gasteiger partial charge < -0.3 is 10.1 Å². The number of hydrogen-bond donors (Lipinski definition) is 1. The monoisotopic (exact) mass is 390 g/mol. The van der Waals surface area contributed by atoms with Crippen molar-refractivity contribution in [3.63, 3.8) is 0 Å². The number of hydrogen-bond acceptors (Lipinski definition) is 4. The first-order chi connectivity index (χ1) is 12.5. The van der Waals surface area contributed by atoms with Gasteiger partial charge in [0.25, 0.3) is 5.91 Å². The van der Waals surface area contributed by atoms with Crippen LogP contribution in [0.2, 0.25) is 0 Å². The maximum Gasteiger partial charge on any atom is 0.262 e. The molecule has 0 fully saturated rings. The number of anilines is 1. The quantitative estimate of drug-likeness (QED) is 0.822. The first-order valence-corrected chi connectivity index (χ1v) is 10.0. The molecule has 146 valence electrons. The minimum Gasteiger partial charge on any atom is -0.483 e. The number of amides is 1. The molecule has 0 unspecified atom stereocenters. The van der Waals surface area contributed by atoms with Crippen LogP contribution in [-0.2, 0) is 14.8 Å². The lowest BCUT2D eigenvalue weighted by molar-refractivity contribution is -0.118. The van der Waals surface area contributed by atoms with Gasteiger partial charge in [-0.25, -0.2) is 12.7 Å². The predicted molar refractivity (Wildman–Crippen MR) is 107 cm³/mol. The van der Waals surface area contributed by atoms with Crippen LogP contribution in [0.15, 0.2) is 35.2 Å². The Morgan fingerprint density at radius 2 is 1.63 bits per heavy atom. The minimum atomic E-state index is -3.59. The number of para-hydroxylation sites is 1. The number of rotatable bonds is 6. The number of ether oxygens (including phenoxy) is 1. The van der Waals surface area contributed by atoms with E-state index < -0.39 is 10.0 Å². The molecule has 0 radical (unpaired) electrons. The maximum atomic E-state index is 12.4. The zero-order valence-corrected chi connectivity index (χ0v) is 17.4. The third-order valence-electron chi connectivity index (χ3n) is 4.45. The van der Waals surface area contributed by atoms with E-state index in [-0.39, 0.29) is 17.4 Å². The van der Waals surface area contributed by atoms with E-state index in [0.29, 0.717) is 11.4 Å². The lowest BCUT2D eigenvalue weighted by Gasteiger charge is -2.17. The second-order valence-corrected chi connectivity index (χ2v) is 8.91. The number of benzene rings is 2. The van der Waals surface area contributed by atoms with Gasteiger partial charge in [0, 0.05) is 19.8 Å².